The van der Waals surface area contributed by atoms with Gasteiger partial charge in [-0.3, -0.25) is 0 Å². The smallest absolute Gasteiger partial charge is 0.360 e. The van der Waals surface area contributed by atoms with Crippen LogP contribution in [0.1, 0.15) is 21.6 Å². The molecule has 5 heteroatoms. The van der Waals surface area contributed by atoms with Crippen LogP contribution in [0.2, 0.25) is 0 Å². The number of carbonyl (C=O) groups is 1. The number of aryl methyl sites for hydroxylation is 2. The first-order valence-corrected chi connectivity index (χ1v) is 5.81. The molecule has 2 rings (SSSR count). The van der Waals surface area contributed by atoms with E-state index in [0.717, 1.165) is 16.7 Å². The Bertz CT molecular complexity index is 639. The largest absolute Gasteiger partial charge is 0.464 e. The molecule has 19 heavy (non-hydrogen) atoms. The molecule has 0 aliphatic heterocycles. The molecule has 0 radical (unpaired) electrons. The molecule has 2 N–H and O–H groups in total. The van der Waals surface area contributed by atoms with Crippen molar-refractivity contribution < 1.29 is 9.53 Å². The summed E-state index contributed by atoms with van der Waals surface area (Å²) >= 11 is 0. The van der Waals surface area contributed by atoms with Gasteiger partial charge in [0, 0.05) is 5.56 Å². The van der Waals surface area contributed by atoms with E-state index in [1.54, 1.807) is 6.20 Å². The zero-order valence-corrected chi connectivity index (χ0v) is 11.1. The molecule has 0 unspecified atom stereocenters. The Balaban J connectivity index is 2.54. The highest BCUT2D eigenvalue weighted by atomic mass is 16.5. The van der Waals surface area contributed by atoms with Crippen molar-refractivity contribution in [1.29, 1.82) is 0 Å². The van der Waals surface area contributed by atoms with Crippen molar-refractivity contribution in [3.05, 3.63) is 41.2 Å². The number of nitrogen functional groups attached to an aromatic ring is 1. The minimum Gasteiger partial charge on any atom is -0.464 e. The number of ether oxygens (including phenoxy) is 1. The van der Waals surface area contributed by atoms with Crippen molar-refractivity contribution >= 4 is 11.8 Å². The van der Waals surface area contributed by atoms with Crippen LogP contribution in [0.25, 0.3) is 11.3 Å². The molecule has 1 aromatic heterocycles. The van der Waals surface area contributed by atoms with Gasteiger partial charge in [0.15, 0.2) is 11.5 Å². The molecule has 0 aliphatic rings. The van der Waals surface area contributed by atoms with Gasteiger partial charge in [0.05, 0.1) is 19.0 Å². The predicted molar refractivity (Wildman–Crippen MR) is 72.7 cm³/mol. The van der Waals surface area contributed by atoms with Crippen LogP contribution in [0.3, 0.4) is 0 Å². The fourth-order valence-electron chi connectivity index (χ4n) is 1.88. The maximum atomic E-state index is 11.6. The van der Waals surface area contributed by atoms with Crippen molar-refractivity contribution in [1.82, 2.24) is 9.97 Å². The van der Waals surface area contributed by atoms with Gasteiger partial charge in [-0.15, -0.1) is 0 Å². The van der Waals surface area contributed by atoms with Crippen molar-refractivity contribution in [2.75, 3.05) is 12.8 Å². The van der Waals surface area contributed by atoms with Crippen LogP contribution in [0.5, 0.6) is 0 Å². The molecular weight excluding hydrogens is 242 g/mol. The Morgan fingerprint density at radius 2 is 2.05 bits per heavy atom. The van der Waals surface area contributed by atoms with E-state index in [-0.39, 0.29) is 11.5 Å². The van der Waals surface area contributed by atoms with Crippen molar-refractivity contribution in [2.45, 2.75) is 13.8 Å². The summed E-state index contributed by atoms with van der Waals surface area (Å²) in [5, 5.41) is 0. The topological polar surface area (TPSA) is 78.1 Å². The number of carbonyl (C=O) groups excluding carboxylic acids is 1. The Kier molecular flexibility index (Phi) is 3.46. The summed E-state index contributed by atoms with van der Waals surface area (Å²) in [4.78, 5) is 19.8. The minimum atomic E-state index is -0.586. The number of nitrogens with zero attached hydrogens (tertiary/aromatic N) is 2. The van der Waals surface area contributed by atoms with Gasteiger partial charge in [0.2, 0.25) is 0 Å². The third-order valence-electron chi connectivity index (χ3n) is 2.84. The third kappa shape index (κ3) is 2.54. The van der Waals surface area contributed by atoms with Crippen molar-refractivity contribution in [3.8, 4) is 11.3 Å². The average molecular weight is 257 g/mol. The normalized spacial score (nSPS) is 10.3. The molecule has 1 heterocycles. The molecule has 2 aromatic rings. The SMILES string of the molecule is COC(=O)c1nc(-c2ccc(C)cc2C)cnc1N. The molecule has 98 valence electrons. The van der Waals surface area contributed by atoms with E-state index in [0.29, 0.717) is 5.69 Å². The standard InChI is InChI=1S/C14H15N3O2/c1-8-4-5-10(9(2)6-8)11-7-16-13(15)12(17-11)14(18)19-3/h4-7H,1-3H3,(H2,15,16). The van der Waals surface area contributed by atoms with Crippen LogP contribution in [-0.2, 0) is 4.74 Å². The summed E-state index contributed by atoms with van der Waals surface area (Å²) in [5.41, 5.74) is 9.43. The van der Waals surface area contributed by atoms with Gasteiger partial charge in [-0.05, 0) is 19.4 Å². The fraction of sp³-hybridized carbons (Fsp3) is 0.214. The lowest BCUT2D eigenvalue weighted by atomic mass is 10.0. The maximum absolute atomic E-state index is 11.6. The number of nitrogens with two attached hydrogens (primary N) is 1. The lowest BCUT2D eigenvalue weighted by Gasteiger charge is -2.08. The second-order valence-electron chi connectivity index (χ2n) is 4.30. The number of rotatable bonds is 2. The maximum Gasteiger partial charge on any atom is 0.360 e. The number of anilines is 1. The second kappa shape index (κ2) is 5.06. The van der Waals surface area contributed by atoms with Crippen LogP contribution in [0.15, 0.2) is 24.4 Å². The summed E-state index contributed by atoms with van der Waals surface area (Å²) in [6.45, 7) is 4.00. The lowest BCUT2D eigenvalue weighted by molar-refractivity contribution is 0.0595. The summed E-state index contributed by atoms with van der Waals surface area (Å²) < 4.78 is 4.64. The molecule has 0 saturated heterocycles. The van der Waals surface area contributed by atoms with Crippen LogP contribution in [-0.4, -0.2) is 23.0 Å². The lowest BCUT2D eigenvalue weighted by Crippen LogP contribution is -2.10. The molecule has 0 atom stereocenters. The Morgan fingerprint density at radius 3 is 2.68 bits per heavy atom. The zero-order valence-electron chi connectivity index (χ0n) is 11.1. The van der Waals surface area contributed by atoms with Gasteiger partial charge in [-0.25, -0.2) is 14.8 Å². The minimum absolute atomic E-state index is 0.0416. The van der Waals surface area contributed by atoms with E-state index in [2.05, 4.69) is 14.7 Å². The van der Waals surface area contributed by atoms with E-state index in [9.17, 15) is 4.79 Å². The van der Waals surface area contributed by atoms with E-state index in [1.807, 2.05) is 32.0 Å². The second-order valence-corrected chi connectivity index (χ2v) is 4.30. The summed E-state index contributed by atoms with van der Waals surface area (Å²) in [7, 11) is 1.28. The molecular formula is C14H15N3O2. The highest BCUT2D eigenvalue weighted by Crippen LogP contribution is 2.23. The van der Waals surface area contributed by atoms with Gasteiger partial charge < -0.3 is 10.5 Å². The zero-order chi connectivity index (χ0) is 14.0. The molecule has 1 aromatic carbocycles. The van der Waals surface area contributed by atoms with Crippen molar-refractivity contribution in [2.24, 2.45) is 0 Å². The van der Waals surface area contributed by atoms with Gasteiger partial charge >= 0.3 is 5.97 Å². The van der Waals surface area contributed by atoms with Crippen molar-refractivity contribution in [3.63, 3.8) is 0 Å². The first kappa shape index (κ1) is 13.0. The molecule has 0 bridgehead atoms. The van der Waals surface area contributed by atoms with Crippen LogP contribution in [0.4, 0.5) is 5.82 Å². The van der Waals surface area contributed by atoms with Gasteiger partial charge in [-0.1, -0.05) is 23.8 Å². The Morgan fingerprint density at radius 1 is 1.32 bits per heavy atom. The van der Waals surface area contributed by atoms with Crippen LogP contribution in [0, 0.1) is 13.8 Å². The van der Waals surface area contributed by atoms with E-state index < -0.39 is 5.97 Å². The fourth-order valence-corrected chi connectivity index (χ4v) is 1.88. The first-order chi connectivity index (χ1) is 9.02. The monoisotopic (exact) mass is 257 g/mol. The number of benzene rings is 1. The summed E-state index contributed by atoms with van der Waals surface area (Å²) in [6.07, 6.45) is 1.56. The molecule has 0 amide bonds. The number of hydrogen-bond donors (Lipinski definition) is 1. The van der Waals surface area contributed by atoms with Gasteiger partial charge in [0.1, 0.15) is 0 Å². The van der Waals surface area contributed by atoms with Gasteiger partial charge in [0.25, 0.3) is 0 Å². The van der Waals surface area contributed by atoms with Crippen LogP contribution >= 0.6 is 0 Å². The summed E-state index contributed by atoms with van der Waals surface area (Å²) in [6, 6.07) is 5.98. The third-order valence-corrected chi connectivity index (χ3v) is 2.84. The average Bonchev–Trinajstić information content (AvgIpc) is 2.39. The number of aromatic nitrogens is 2. The molecule has 0 fully saturated rings. The van der Waals surface area contributed by atoms with Crippen LogP contribution < -0.4 is 5.73 Å². The predicted octanol–water partition coefficient (Wildman–Crippen LogP) is 2.13. The number of methoxy groups -OCH3 is 1. The Hall–Kier alpha value is -2.43. The Labute approximate surface area is 111 Å². The molecule has 0 spiro atoms. The van der Waals surface area contributed by atoms with E-state index >= 15 is 0 Å². The molecule has 5 nitrogen and oxygen atoms in total. The number of hydrogen-bond acceptors (Lipinski definition) is 5. The first-order valence-electron chi connectivity index (χ1n) is 5.81. The molecule has 0 aliphatic carbocycles. The van der Waals surface area contributed by atoms with E-state index in [1.165, 1.54) is 7.11 Å². The molecule has 0 saturated carbocycles. The van der Waals surface area contributed by atoms with E-state index in [4.69, 9.17) is 5.73 Å². The number of esters is 1. The van der Waals surface area contributed by atoms with Gasteiger partial charge in [-0.2, -0.15) is 0 Å². The quantitative estimate of drug-likeness (QED) is 0.834. The highest BCUT2D eigenvalue weighted by Gasteiger charge is 2.15. The highest BCUT2D eigenvalue weighted by molar-refractivity contribution is 5.92. The summed E-state index contributed by atoms with van der Waals surface area (Å²) in [5.74, 6) is -0.517.